The van der Waals surface area contributed by atoms with E-state index in [-0.39, 0.29) is 27.3 Å². The molecular weight excluding hydrogens is 549 g/mol. The number of hydrogen-bond acceptors (Lipinski definition) is 3. The van der Waals surface area contributed by atoms with Crippen molar-refractivity contribution in [2.24, 2.45) is 23.7 Å². The number of carbonyl (C=O) groups excluding carboxylic acids is 1. The maximum absolute atomic E-state index is 13.1. The summed E-state index contributed by atoms with van der Waals surface area (Å²) >= 11 is 0. The first-order valence-electron chi connectivity index (χ1n) is 16.9. The van der Waals surface area contributed by atoms with E-state index in [1.54, 1.807) is 0 Å². The van der Waals surface area contributed by atoms with E-state index in [0.717, 1.165) is 35.7 Å². The van der Waals surface area contributed by atoms with Gasteiger partial charge in [-0.1, -0.05) is 53.7 Å². The third-order valence-electron chi connectivity index (χ3n) is 12.8. The molecule has 5 aliphatic carbocycles. The molecule has 1 aromatic rings. The van der Waals surface area contributed by atoms with Crippen molar-refractivity contribution in [3.63, 3.8) is 0 Å². The monoisotopic (exact) mass is 608 g/mol. The maximum atomic E-state index is 13.1. The van der Waals surface area contributed by atoms with E-state index < -0.39 is 16.6 Å². The minimum absolute atomic E-state index is 0.0497. The number of benzene rings is 1. The fourth-order valence-corrected chi connectivity index (χ4v) is 10.7. The van der Waals surface area contributed by atoms with Crippen LogP contribution in [-0.4, -0.2) is 22.4 Å². The van der Waals surface area contributed by atoms with Gasteiger partial charge in [0.25, 0.3) is 0 Å². The summed E-state index contributed by atoms with van der Waals surface area (Å²) in [6, 6.07) is 4.94. The van der Waals surface area contributed by atoms with Crippen LogP contribution < -0.4 is 8.85 Å². The zero-order chi connectivity index (χ0) is 31.0. The van der Waals surface area contributed by atoms with Crippen LogP contribution in [0.4, 0.5) is 0 Å². The molecule has 0 unspecified atom stereocenters. The van der Waals surface area contributed by atoms with Crippen molar-refractivity contribution in [2.75, 3.05) is 0 Å². The largest absolute Gasteiger partial charge is 0.543 e. The second-order valence-corrected chi connectivity index (χ2v) is 27.6. The second-order valence-electron chi connectivity index (χ2n) is 18.1. The number of allylic oxidation sites excluding steroid dienone is 1. The lowest BCUT2D eigenvalue weighted by molar-refractivity contribution is -0.121. The summed E-state index contributed by atoms with van der Waals surface area (Å²) in [4.78, 5) is 13.1. The van der Waals surface area contributed by atoms with E-state index >= 15 is 0 Å². The molecule has 0 radical (unpaired) electrons. The van der Waals surface area contributed by atoms with Gasteiger partial charge in [0.2, 0.25) is 16.6 Å². The molecular formula is C37H60O3Si2. The molecule has 0 saturated heterocycles. The van der Waals surface area contributed by atoms with Gasteiger partial charge in [-0.05, 0) is 135 Å². The summed E-state index contributed by atoms with van der Waals surface area (Å²) < 4.78 is 14.8. The SMILES string of the molecule is C=C(C)[C@@H]1CCC(=O)C[C@H]1c1c(O[Si](C)(C)C(C)(C)C)cc(C23CC4CC(CC(C4)C2)C3)cc1O[Si](C)(C)C(C)(C)C. The van der Waals surface area contributed by atoms with E-state index in [2.05, 4.69) is 93.4 Å². The van der Waals surface area contributed by atoms with Crippen LogP contribution in [0.1, 0.15) is 123 Å². The maximum Gasteiger partial charge on any atom is 0.250 e. The van der Waals surface area contributed by atoms with Gasteiger partial charge >= 0.3 is 0 Å². The van der Waals surface area contributed by atoms with Crippen LogP contribution in [0.5, 0.6) is 11.5 Å². The number of hydrogen-bond donors (Lipinski definition) is 0. The molecule has 0 heterocycles. The van der Waals surface area contributed by atoms with E-state index in [1.807, 2.05) is 0 Å². The smallest absolute Gasteiger partial charge is 0.250 e. The van der Waals surface area contributed by atoms with Gasteiger partial charge in [-0.2, -0.15) is 0 Å². The van der Waals surface area contributed by atoms with Crippen LogP contribution in [0.15, 0.2) is 24.3 Å². The molecule has 0 spiro atoms. The summed E-state index contributed by atoms with van der Waals surface area (Å²) in [5.74, 6) is 5.33. The molecule has 42 heavy (non-hydrogen) atoms. The van der Waals surface area contributed by atoms with Gasteiger partial charge in [-0.15, -0.1) is 0 Å². The normalized spacial score (nSPS) is 31.8. The van der Waals surface area contributed by atoms with Crippen molar-refractivity contribution in [3.8, 4) is 11.5 Å². The molecule has 4 bridgehead atoms. The minimum atomic E-state index is -2.19. The predicted molar refractivity (Wildman–Crippen MR) is 182 cm³/mol. The van der Waals surface area contributed by atoms with Crippen molar-refractivity contribution in [3.05, 3.63) is 35.4 Å². The topological polar surface area (TPSA) is 35.5 Å². The standard InChI is InChI=1S/C37H60O3Si2/c1-24(2)30-14-13-29(38)20-31(30)34-32(39-41(9,10)35(3,4)5)18-28(19-33(34)40-42(11,12)36(6,7)8)37-21-25-15-26(22-37)17-27(16-25)23-37/h18-19,25-27,30-31H,1,13-17,20-23H2,2-12H3/t25?,26?,27?,30-,31+,37?/m0/s1. The van der Waals surface area contributed by atoms with Gasteiger partial charge in [-0.25, -0.2) is 0 Å². The number of Topliss-reactive ketones (excluding diaryl/α,β-unsaturated/α-hetero) is 1. The van der Waals surface area contributed by atoms with Crippen LogP contribution in [0, 0.1) is 23.7 Å². The van der Waals surface area contributed by atoms with Gasteiger partial charge in [0.15, 0.2) is 0 Å². The fraction of sp³-hybridized carbons (Fsp3) is 0.757. The first-order valence-corrected chi connectivity index (χ1v) is 22.8. The molecule has 0 N–H and O–H groups in total. The summed E-state index contributed by atoms with van der Waals surface area (Å²) in [6.45, 7) is 30.0. The molecule has 5 heteroatoms. The number of carbonyl (C=O) groups is 1. The van der Waals surface area contributed by atoms with Crippen molar-refractivity contribution < 1.29 is 13.6 Å². The molecule has 6 rings (SSSR count). The van der Waals surface area contributed by atoms with Crippen molar-refractivity contribution in [2.45, 2.75) is 154 Å². The molecule has 234 valence electrons. The van der Waals surface area contributed by atoms with Gasteiger partial charge in [0.1, 0.15) is 17.3 Å². The predicted octanol–water partition coefficient (Wildman–Crippen LogP) is 11.0. The Labute approximate surface area is 259 Å². The van der Waals surface area contributed by atoms with Gasteiger partial charge in [0, 0.05) is 24.3 Å². The molecule has 0 aliphatic heterocycles. The Morgan fingerprint density at radius 3 is 1.64 bits per heavy atom. The van der Waals surface area contributed by atoms with Gasteiger partial charge < -0.3 is 8.85 Å². The molecule has 5 fully saturated rings. The highest BCUT2D eigenvalue weighted by Crippen LogP contribution is 2.62. The highest BCUT2D eigenvalue weighted by Gasteiger charge is 2.53. The summed E-state index contributed by atoms with van der Waals surface area (Å²) in [6.07, 6.45) is 10.3. The van der Waals surface area contributed by atoms with Crippen LogP contribution >= 0.6 is 0 Å². The van der Waals surface area contributed by atoms with Crippen molar-refractivity contribution >= 4 is 22.4 Å². The lowest BCUT2D eigenvalue weighted by Gasteiger charge is -2.57. The first kappa shape index (κ1) is 32.1. The van der Waals surface area contributed by atoms with Crippen LogP contribution in [0.3, 0.4) is 0 Å². The van der Waals surface area contributed by atoms with Crippen molar-refractivity contribution in [1.82, 2.24) is 0 Å². The molecule has 1 aromatic carbocycles. The Kier molecular flexibility index (Phi) is 8.12. The van der Waals surface area contributed by atoms with E-state index in [0.29, 0.717) is 18.6 Å². The van der Waals surface area contributed by atoms with Gasteiger partial charge in [-0.3, -0.25) is 4.79 Å². The highest BCUT2D eigenvalue weighted by atomic mass is 28.4. The van der Waals surface area contributed by atoms with E-state index in [1.165, 1.54) is 55.2 Å². The zero-order valence-electron chi connectivity index (χ0n) is 28.8. The molecule has 5 saturated carbocycles. The highest BCUT2D eigenvalue weighted by molar-refractivity contribution is 6.75. The average molecular weight is 609 g/mol. The quantitative estimate of drug-likeness (QED) is 0.228. The minimum Gasteiger partial charge on any atom is -0.543 e. The third-order valence-corrected chi connectivity index (χ3v) is 21.5. The molecule has 3 nitrogen and oxygen atoms in total. The van der Waals surface area contributed by atoms with Gasteiger partial charge in [0.05, 0.1) is 0 Å². The van der Waals surface area contributed by atoms with E-state index in [9.17, 15) is 4.79 Å². The molecule has 0 amide bonds. The lowest BCUT2D eigenvalue weighted by atomic mass is 9.48. The average Bonchev–Trinajstić information content (AvgIpc) is 2.81. The van der Waals surface area contributed by atoms with E-state index in [4.69, 9.17) is 8.85 Å². The Balaban J connectivity index is 1.75. The first-order chi connectivity index (χ1) is 19.2. The molecule has 2 atom stereocenters. The summed E-state index contributed by atoms with van der Waals surface area (Å²) in [5, 5.41) is 0.134. The van der Waals surface area contributed by atoms with Crippen LogP contribution in [-0.2, 0) is 10.2 Å². The Morgan fingerprint density at radius 2 is 1.26 bits per heavy atom. The summed E-state index contributed by atoms with van der Waals surface area (Å²) in [5.41, 5.74) is 4.04. The van der Waals surface area contributed by atoms with Crippen LogP contribution in [0.2, 0.25) is 36.3 Å². The summed E-state index contributed by atoms with van der Waals surface area (Å²) in [7, 11) is -4.38. The Morgan fingerprint density at radius 1 is 0.833 bits per heavy atom. The number of ketones is 1. The second kappa shape index (κ2) is 10.6. The number of rotatable bonds is 7. The fourth-order valence-electron chi connectivity index (χ4n) is 8.66. The lowest BCUT2D eigenvalue weighted by Crippen LogP contribution is -2.49. The van der Waals surface area contributed by atoms with Crippen LogP contribution in [0.25, 0.3) is 0 Å². The zero-order valence-corrected chi connectivity index (χ0v) is 30.8. The Hall–Kier alpha value is -1.34. The molecule has 0 aromatic heterocycles. The molecule has 5 aliphatic rings. The Bertz CT molecular complexity index is 1140. The third kappa shape index (κ3) is 5.87. The van der Waals surface area contributed by atoms with Crippen molar-refractivity contribution in [1.29, 1.82) is 0 Å².